The predicted molar refractivity (Wildman–Crippen MR) is 105 cm³/mol. The molecule has 136 valence electrons. The SMILES string of the molecule is Cc1sc2nc(SCC(=O)N[C@H](C)C3CC3)n(C(C)C)c(=O)c2c1C. The van der Waals surface area contributed by atoms with Crippen LogP contribution >= 0.6 is 23.1 Å². The summed E-state index contributed by atoms with van der Waals surface area (Å²) in [7, 11) is 0. The van der Waals surface area contributed by atoms with Crippen LogP contribution in [-0.4, -0.2) is 27.3 Å². The molecule has 0 aromatic carbocycles. The van der Waals surface area contributed by atoms with Crippen LogP contribution in [0.1, 0.15) is 50.1 Å². The van der Waals surface area contributed by atoms with Crippen LogP contribution in [0.5, 0.6) is 0 Å². The normalized spacial score (nSPS) is 15.8. The van der Waals surface area contributed by atoms with Crippen LogP contribution in [0.4, 0.5) is 0 Å². The maximum Gasteiger partial charge on any atom is 0.263 e. The minimum atomic E-state index is -0.00360. The highest BCUT2D eigenvalue weighted by Gasteiger charge is 2.29. The Bertz CT molecular complexity index is 865. The molecule has 25 heavy (non-hydrogen) atoms. The first-order valence-electron chi connectivity index (χ1n) is 8.74. The zero-order chi connectivity index (χ0) is 18.3. The third kappa shape index (κ3) is 3.77. The third-order valence-corrected chi connectivity index (χ3v) is 6.82. The van der Waals surface area contributed by atoms with E-state index in [1.165, 1.54) is 24.6 Å². The number of nitrogens with zero attached hydrogens (tertiary/aromatic N) is 2. The van der Waals surface area contributed by atoms with Crippen LogP contribution in [-0.2, 0) is 4.79 Å². The average molecular weight is 380 g/mol. The molecule has 0 spiro atoms. The van der Waals surface area contributed by atoms with Crippen molar-refractivity contribution in [3.8, 4) is 0 Å². The zero-order valence-corrected chi connectivity index (χ0v) is 17.0. The molecule has 3 rings (SSSR count). The summed E-state index contributed by atoms with van der Waals surface area (Å²) in [5.41, 5.74) is 1.01. The number of rotatable bonds is 6. The smallest absolute Gasteiger partial charge is 0.263 e. The standard InChI is InChI=1S/C18H25N3O2S2/c1-9(2)21-17(23)15-10(3)12(5)25-16(15)20-18(21)24-8-14(22)19-11(4)13-6-7-13/h9,11,13H,6-8H2,1-5H3,(H,19,22)/t11-/m1/s1. The Hall–Kier alpha value is -1.34. The highest BCUT2D eigenvalue weighted by atomic mass is 32.2. The van der Waals surface area contributed by atoms with Crippen LogP contribution in [0.3, 0.4) is 0 Å². The van der Waals surface area contributed by atoms with Gasteiger partial charge in [0.25, 0.3) is 5.56 Å². The molecule has 1 atom stereocenters. The van der Waals surface area contributed by atoms with Crippen LogP contribution in [0, 0.1) is 19.8 Å². The van der Waals surface area contributed by atoms with Crippen molar-refractivity contribution >= 4 is 39.2 Å². The van der Waals surface area contributed by atoms with Crippen LogP contribution in [0.2, 0.25) is 0 Å². The van der Waals surface area contributed by atoms with E-state index >= 15 is 0 Å². The van der Waals surface area contributed by atoms with Crippen LogP contribution < -0.4 is 10.9 Å². The quantitative estimate of drug-likeness (QED) is 0.614. The Labute approximate surface area is 156 Å². The fourth-order valence-corrected chi connectivity index (χ4v) is 4.99. The molecule has 0 saturated heterocycles. The van der Waals surface area contributed by atoms with E-state index in [0.29, 0.717) is 16.5 Å². The van der Waals surface area contributed by atoms with E-state index in [1.807, 2.05) is 27.7 Å². The lowest BCUT2D eigenvalue weighted by atomic mass is 10.2. The zero-order valence-electron chi connectivity index (χ0n) is 15.4. The molecule has 2 heterocycles. The van der Waals surface area contributed by atoms with Gasteiger partial charge in [0.1, 0.15) is 4.83 Å². The highest BCUT2D eigenvalue weighted by Crippen LogP contribution is 2.32. The maximum absolute atomic E-state index is 13.0. The largest absolute Gasteiger partial charge is 0.353 e. The predicted octanol–water partition coefficient (Wildman–Crippen LogP) is 3.66. The average Bonchev–Trinajstić information content (AvgIpc) is 3.32. The molecule has 0 radical (unpaired) electrons. The van der Waals surface area contributed by atoms with Gasteiger partial charge in [-0.25, -0.2) is 4.98 Å². The van der Waals surface area contributed by atoms with Gasteiger partial charge in [-0.05, 0) is 58.9 Å². The van der Waals surface area contributed by atoms with E-state index in [-0.39, 0.29) is 29.3 Å². The fourth-order valence-electron chi connectivity index (χ4n) is 2.98. The summed E-state index contributed by atoms with van der Waals surface area (Å²) >= 11 is 2.89. The second-order valence-electron chi connectivity index (χ2n) is 7.11. The molecule has 1 saturated carbocycles. The van der Waals surface area contributed by atoms with Crippen molar-refractivity contribution in [2.45, 2.75) is 64.7 Å². The van der Waals surface area contributed by atoms with E-state index in [4.69, 9.17) is 4.98 Å². The molecule has 2 aromatic heterocycles. The second-order valence-corrected chi connectivity index (χ2v) is 9.25. The van der Waals surface area contributed by atoms with Crippen molar-refractivity contribution in [3.63, 3.8) is 0 Å². The molecular weight excluding hydrogens is 354 g/mol. The first-order valence-corrected chi connectivity index (χ1v) is 10.5. The van der Waals surface area contributed by atoms with Crippen molar-refractivity contribution in [1.29, 1.82) is 0 Å². The van der Waals surface area contributed by atoms with E-state index in [0.717, 1.165) is 15.3 Å². The third-order valence-electron chi connectivity index (χ3n) is 4.77. The summed E-state index contributed by atoms with van der Waals surface area (Å²) in [5, 5.41) is 4.40. The van der Waals surface area contributed by atoms with Crippen LogP contribution in [0.25, 0.3) is 10.2 Å². The molecule has 5 nitrogen and oxygen atoms in total. The molecule has 1 aliphatic carbocycles. The van der Waals surface area contributed by atoms with Gasteiger partial charge < -0.3 is 5.32 Å². The maximum atomic E-state index is 13.0. The lowest BCUT2D eigenvalue weighted by Gasteiger charge is -2.16. The first-order chi connectivity index (χ1) is 11.8. The monoisotopic (exact) mass is 379 g/mol. The van der Waals surface area contributed by atoms with Crippen molar-refractivity contribution in [1.82, 2.24) is 14.9 Å². The summed E-state index contributed by atoms with van der Waals surface area (Å²) in [4.78, 5) is 31.8. The fraction of sp³-hybridized carbons (Fsp3) is 0.611. The number of aromatic nitrogens is 2. The number of hydrogen-bond acceptors (Lipinski definition) is 5. The number of carbonyl (C=O) groups excluding carboxylic acids is 1. The lowest BCUT2D eigenvalue weighted by molar-refractivity contribution is -0.119. The Morgan fingerprint density at radius 3 is 2.64 bits per heavy atom. The highest BCUT2D eigenvalue weighted by molar-refractivity contribution is 7.99. The lowest BCUT2D eigenvalue weighted by Crippen LogP contribution is -2.35. The molecule has 0 unspecified atom stereocenters. The number of nitrogens with one attached hydrogen (secondary N) is 1. The number of hydrogen-bond donors (Lipinski definition) is 1. The first kappa shape index (κ1) is 18.5. The van der Waals surface area contributed by atoms with Crippen LogP contribution in [0.15, 0.2) is 9.95 Å². The molecule has 1 fully saturated rings. The molecule has 2 aromatic rings. The minimum Gasteiger partial charge on any atom is -0.353 e. The van der Waals surface area contributed by atoms with Gasteiger partial charge in [0.15, 0.2) is 5.16 Å². The molecule has 1 amide bonds. The summed E-state index contributed by atoms with van der Waals surface area (Å²) < 4.78 is 1.71. The Morgan fingerprint density at radius 2 is 2.04 bits per heavy atom. The number of amides is 1. The molecule has 7 heteroatoms. The second kappa shape index (κ2) is 7.11. The summed E-state index contributed by atoms with van der Waals surface area (Å²) in [6, 6.07) is 0.235. The number of thiophene rings is 1. The van der Waals surface area contributed by atoms with Gasteiger partial charge >= 0.3 is 0 Å². The number of aryl methyl sites for hydroxylation is 2. The Morgan fingerprint density at radius 1 is 1.36 bits per heavy atom. The summed E-state index contributed by atoms with van der Waals surface area (Å²) in [5.74, 6) is 0.923. The van der Waals surface area contributed by atoms with Crippen molar-refractivity contribution < 1.29 is 4.79 Å². The Balaban J connectivity index is 1.85. The van der Waals surface area contributed by atoms with Gasteiger partial charge in [-0.1, -0.05) is 11.8 Å². The summed E-state index contributed by atoms with van der Waals surface area (Å²) in [6.07, 6.45) is 2.41. The molecule has 0 bridgehead atoms. The number of fused-ring (bicyclic) bond motifs is 1. The van der Waals surface area contributed by atoms with E-state index < -0.39 is 0 Å². The number of thioether (sulfide) groups is 1. The van der Waals surface area contributed by atoms with Gasteiger partial charge in [-0.3, -0.25) is 14.2 Å². The number of carbonyl (C=O) groups is 1. The van der Waals surface area contributed by atoms with E-state index in [1.54, 1.807) is 15.9 Å². The van der Waals surface area contributed by atoms with E-state index in [2.05, 4.69) is 12.2 Å². The summed E-state index contributed by atoms with van der Waals surface area (Å²) in [6.45, 7) is 10.00. The minimum absolute atomic E-state index is 0.0000417. The van der Waals surface area contributed by atoms with Crippen molar-refractivity contribution in [2.24, 2.45) is 5.92 Å². The van der Waals surface area contributed by atoms with Crippen molar-refractivity contribution in [3.05, 3.63) is 20.8 Å². The van der Waals surface area contributed by atoms with Gasteiger partial charge in [-0.2, -0.15) is 0 Å². The van der Waals surface area contributed by atoms with E-state index in [9.17, 15) is 9.59 Å². The topological polar surface area (TPSA) is 64.0 Å². The Kier molecular flexibility index (Phi) is 5.25. The van der Waals surface area contributed by atoms with Gasteiger partial charge in [0.05, 0.1) is 11.1 Å². The molecule has 1 N–H and O–H groups in total. The van der Waals surface area contributed by atoms with Crippen molar-refractivity contribution in [2.75, 3.05) is 5.75 Å². The van der Waals surface area contributed by atoms with Gasteiger partial charge in [0, 0.05) is 17.0 Å². The molecule has 0 aliphatic heterocycles. The van der Waals surface area contributed by atoms with Gasteiger partial charge in [-0.15, -0.1) is 11.3 Å². The molecule has 1 aliphatic rings. The van der Waals surface area contributed by atoms with Gasteiger partial charge in [0.2, 0.25) is 5.91 Å². The molecular formula is C18H25N3O2S2.